The summed E-state index contributed by atoms with van der Waals surface area (Å²) in [5.74, 6) is -0.436. The summed E-state index contributed by atoms with van der Waals surface area (Å²) in [4.78, 5) is 27.7. The first-order valence-electron chi connectivity index (χ1n) is 9.06. The molecule has 27 heavy (non-hydrogen) atoms. The summed E-state index contributed by atoms with van der Waals surface area (Å²) in [5, 5.41) is 4.70. The SMILES string of the molecule is CCNC(=O)NC(=O)C(C)Sc1ccc(S(=O)(=O)N2CCCCCC2)cn1. The minimum atomic E-state index is -3.54. The Morgan fingerprint density at radius 3 is 2.44 bits per heavy atom. The van der Waals surface area contributed by atoms with E-state index in [9.17, 15) is 18.0 Å². The number of hydrogen-bond acceptors (Lipinski definition) is 6. The summed E-state index contributed by atoms with van der Waals surface area (Å²) in [6.07, 6.45) is 5.18. The quantitative estimate of drug-likeness (QED) is 0.689. The molecule has 1 atom stereocenters. The summed E-state index contributed by atoms with van der Waals surface area (Å²) in [6, 6.07) is 2.57. The molecule has 0 radical (unpaired) electrons. The Labute approximate surface area is 164 Å². The zero-order valence-electron chi connectivity index (χ0n) is 15.6. The van der Waals surface area contributed by atoms with Crippen LogP contribution in [0.15, 0.2) is 28.3 Å². The first-order chi connectivity index (χ1) is 12.8. The number of carbonyl (C=O) groups excluding carboxylic acids is 2. The molecule has 150 valence electrons. The van der Waals surface area contributed by atoms with Crippen molar-refractivity contribution < 1.29 is 18.0 Å². The van der Waals surface area contributed by atoms with Crippen molar-refractivity contribution in [1.82, 2.24) is 19.9 Å². The maximum atomic E-state index is 12.7. The molecule has 1 fully saturated rings. The summed E-state index contributed by atoms with van der Waals surface area (Å²) >= 11 is 1.16. The van der Waals surface area contributed by atoms with Crippen LogP contribution >= 0.6 is 11.8 Å². The highest BCUT2D eigenvalue weighted by molar-refractivity contribution is 8.00. The Hall–Kier alpha value is -1.65. The zero-order chi connectivity index (χ0) is 19.9. The number of carbonyl (C=O) groups is 2. The molecule has 1 aliphatic rings. The van der Waals surface area contributed by atoms with Gasteiger partial charge in [-0.05, 0) is 38.8 Å². The molecule has 3 amide bonds. The first kappa shape index (κ1) is 21.6. The van der Waals surface area contributed by atoms with E-state index in [0.29, 0.717) is 24.7 Å². The number of sulfonamides is 1. The molecule has 2 heterocycles. The average molecular weight is 415 g/mol. The van der Waals surface area contributed by atoms with E-state index in [1.54, 1.807) is 19.9 Å². The zero-order valence-corrected chi connectivity index (χ0v) is 17.2. The Morgan fingerprint density at radius 1 is 1.22 bits per heavy atom. The van der Waals surface area contributed by atoms with Gasteiger partial charge in [0.25, 0.3) is 0 Å². The van der Waals surface area contributed by atoms with E-state index in [4.69, 9.17) is 0 Å². The van der Waals surface area contributed by atoms with E-state index in [2.05, 4.69) is 15.6 Å². The highest BCUT2D eigenvalue weighted by atomic mass is 32.2. The second kappa shape index (κ2) is 10.0. The Kier molecular flexibility index (Phi) is 8.06. The smallest absolute Gasteiger partial charge is 0.321 e. The van der Waals surface area contributed by atoms with E-state index < -0.39 is 27.2 Å². The largest absolute Gasteiger partial charge is 0.338 e. The van der Waals surface area contributed by atoms with Gasteiger partial charge in [0.15, 0.2) is 0 Å². The molecule has 2 N–H and O–H groups in total. The molecule has 10 heteroatoms. The van der Waals surface area contributed by atoms with E-state index in [0.717, 1.165) is 37.4 Å². The van der Waals surface area contributed by atoms with Crippen molar-refractivity contribution in [2.75, 3.05) is 19.6 Å². The molecule has 1 aliphatic heterocycles. The number of aromatic nitrogens is 1. The van der Waals surface area contributed by atoms with Crippen LogP contribution in [0.5, 0.6) is 0 Å². The Bertz CT molecular complexity index is 745. The van der Waals surface area contributed by atoms with Gasteiger partial charge in [0.05, 0.1) is 10.3 Å². The molecule has 2 rings (SSSR count). The van der Waals surface area contributed by atoms with Gasteiger partial charge in [0, 0.05) is 25.8 Å². The van der Waals surface area contributed by atoms with Crippen molar-refractivity contribution in [3.05, 3.63) is 18.3 Å². The van der Waals surface area contributed by atoms with E-state index >= 15 is 0 Å². The van der Waals surface area contributed by atoms with Gasteiger partial charge in [-0.25, -0.2) is 18.2 Å². The topological polar surface area (TPSA) is 108 Å². The first-order valence-corrected chi connectivity index (χ1v) is 11.4. The second-order valence-corrected chi connectivity index (χ2v) is 9.56. The predicted octanol–water partition coefficient (Wildman–Crippen LogP) is 1.97. The summed E-state index contributed by atoms with van der Waals surface area (Å²) in [5.41, 5.74) is 0. The molecule has 1 aromatic heterocycles. The Balaban J connectivity index is 1.99. The van der Waals surface area contributed by atoms with Crippen LogP contribution in [0.4, 0.5) is 4.79 Å². The summed E-state index contributed by atoms with van der Waals surface area (Å²) in [6.45, 7) is 4.91. The van der Waals surface area contributed by atoms with Gasteiger partial charge in [0.1, 0.15) is 4.90 Å². The van der Waals surface area contributed by atoms with Gasteiger partial charge in [-0.1, -0.05) is 24.6 Å². The van der Waals surface area contributed by atoms with Crippen LogP contribution < -0.4 is 10.6 Å². The normalized spacial score (nSPS) is 17.0. The fourth-order valence-electron chi connectivity index (χ4n) is 2.67. The van der Waals surface area contributed by atoms with Crippen LogP contribution in [0, 0.1) is 0 Å². The molecule has 1 unspecified atom stereocenters. The van der Waals surface area contributed by atoms with Crippen molar-refractivity contribution in [2.45, 2.75) is 54.7 Å². The fourth-order valence-corrected chi connectivity index (χ4v) is 4.92. The molecular weight excluding hydrogens is 388 g/mol. The minimum Gasteiger partial charge on any atom is -0.338 e. The minimum absolute atomic E-state index is 0.160. The highest BCUT2D eigenvalue weighted by Gasteiger charge is 2.25. The molecule has 0 bridgehead atoms. The number of rotatable bonds is 6. The maximum absolute atomic E-state index is 12.7. The van der Waals surface area contributed by atoms with Crippen molar-refractivity contribution in [1.29, 1.82) is 0 Å². The maximum Gasteiger partial charge on any atom is 0.321 e. The molecule has 0 aromatic carbocycles. The van der Waals surface area contributed by atoms with Crippen LogP contribution in [-0.4, -0.2) is 54.5 Å². The van der Waals surface area contributed by atoms with E-state index in [-0.39, 0.29) is 4.90 Å². The summed E-state index contributed by atoms with van der Waals surface area (Å²) < 4.78 is 27.0. The molecule has 0 spiro atoms. The standard InChI is InChI=1S/C17H26N4O4S2/c1-3-18-17(23)20-16(22)13(2)26-15-9-8-14(12-19-15)27(24,25)21-10-6-4-5-7-11-21/h8-9,12-13H,3-7,10-11H2,1-2H3,(H2,18,20,22,23). The van der Waals surface area contributed by atoms with E-state index in [1.165, 1.54) is 16.6 Å². The van der Waals surface area contributed by atoms with Crippen molar-refractivity contribution >= 4 is 33.7 Å². The van der Waals surface area contributed by atoms with Crippen LogP contribution in [0.25, 0.3) is 0 Å². The number of urea groups is 1. The number of amides is 3. The number of pyridine rings is 1. The second-order valence-electron chi connectivity index (χ2n) is 6.26. The Morgan fingerprint density at radius 2 is 1.89 bits per heavy atom. The molecule has 1 aromatic rings. The average Bonchev–Trinajstić information content (AvgIpc) is 2.92. The van der Waals surface area contributed by atoms with Crippen LogP contribution in [0.1, 0.15) is 39.5 Å². The number of nitrogens with one attached hydrogen (secondary N) is 2. The third-order valence-electron chi connectivity index (χ3n) is 4.15. The van der Waals surface area contributed by atoms with Crippen molar-refractivity contribution in [3.63, 3.8) is 0 Å². The lowest BCUT2D eigenvalue weighted by Gasteiger charge is -2.19. The van der Waals surface area contributed by atoms with Gasteiger partial charge in [-0.3, -0.25) is 10.1 Å². The number of nitrogens with zero attached hydrogens (tertiary/aromatic N) is 2. The molecule has 0 saturated carbocycles. The van der Waals surface area contributed by atoms with Gasteiger partial charge in [-0.15, -0.1) is 0 Å². The van der Waals surface area contributed by atoms with Crippen molar-refractivity contribution in [3.8, 4) is 0 Å². The third kappa shape index (κ3) is 6.18. The lowest BCUT2D eigenvalue weighted by atomic mass is 10.2. The van der Waals surface area contributed by atoms with Crippen molar-refractivity contribution in [2.24, 2.45) is 0 Å². The number of imide groups is 1. The van der Waals surface area contributed by atoms with Gasteiger partial charge < -0.3 is 5.32 Å². The predicted molar refractivity (Wildman–Crippen MR) is 104 cm³/mol. The third-order valence-corrected chi connectivity index (χ3v) is 7.09. The van der Waals surface area contributed by atoms with Gasteiger partial charge in [0.2, 0.25) is 15.9 Å². The molecular formula is C17H26N4O4S2. The molecule has 0 aliphatic carbocycles. The lowest BCUT2D eigenvalue weighted by molar-refractivity contribution is -0.119. The lowest BCUT2D eigenvalue weighted by Crippen LogP contribution is -2.42. The summed E-state index contributed by atoms with van der Waals surface area (Å²) in [7, 11) is -3.54. The van der Waals surface area contributed by atoms with Gasteiger partial charge >= 0.3 is 6.03 Å². The van der Waals surface area contributed by atoms with Crippen LogP contribution in [0.2, 0.25) is 0 Å². The van der Waals surface area contributed by atoms with Crippen LogP contribution in [-0.2, 0) is 14.8 Å². The molecule has 1 saturated heterocycles. The number of hydrogen-bond donors (Lipinski definition) is 2. The monoisotopic (exact) mass is 414 g/mol. The van der Waals surface area contributed by atoms with E-state index in [1.807, 2.05) is 0 Å². The fraction of sp³-hybridized carbons (Fsp3) is 0.588. The van der Waals surface area contributed by atoms with Crippen LogP contribution in [0.3, 0.4) is 0 Å². The van der Waals surface area contributed by atoms with Gasteiger partial charge in [-0.2, -0.15) is 4.31 Å². The molecule has 8 nitrogen and oxygen atoms in total. The highest BCUT2D eigenvalue weighted by Crippen LogP contribution is 2.24. The number of thioether (sulfide) groups is 1.